The number of nitrogens with one attached hydrogen (secondary N) is 1. The lowest BCUT2D eigenvalue weighted by Crippen LogP contribution is -2.33. The van der Waals surface area contributed by atoms with Crippen molar-refractivity contribution >= 4 is 28.3 Å². The smallest absolute Gasteiger partial charge is 0.423 e. The van der Waals surface area contributed by atoms with Crippen LogP contribution in [0.4, 0.5) is 5.69 Å². The summed E-state index contributed by atoms with van der Waals surface area (Å²) in [7, 11) is -5.75. The molecule has 0 aliphatic rings. The van der Waals surface area contributed by atoms with Gasteiger partial charge in [-0.15, -0.1) is 0 Å². The molecule has 6 nitrogen and oxygen atoms in total. The lowest BCUT2D eigenvalue weighted by Gasteiger charge is -2.13. The van der Waals surface area contributed by atoms with Crippen LogP contribution in [0.1, 0.15) is 11.1 Å². The van der Waals surface area contributed by atoms with Crippen LogP contribution in [-0.2, 0) is 10.0 Å². The standard InChI is InChI=1S/C14H13BN2O4S/c1-10-2-5-12(6-3-10)22(20,21)17-14-8-11(9-16)4-7-13(14)15(18)19/h2-8,17-19H,1H3. The summed E-state index contributed by atoms with van der Waals surface area (Å²) in [6.07, 6.45) is 0. The molecule has 0 saturated heterocycles. The summed E-state index contributed by atoms with van der Waals surface area (Å²) in [6, 6.07) is 12.0. The van der Waals surface area contributed by atoms with Crippen molar-refractivity contribution in [3.8, 4) is 6.07 Å². The molecule has 2 rings (SSSR count). The molecule has 0 fully saturated rings. The van der Waals surface area contributed by atoms with E-state index in [0.717, 1.165) is 5.56 Å². The molecule has 8 heteroatoms. The van der Waals surface area contributed by atoms with Gasteiger partial charge in [-0.25, -0.2) is 8.42 Å². The molecule has 112 valence electrons. The molecule has 0 saturated carbocycles. The van der Waals surface area contributed by atoms with Crippen molar-refractivity contribution in [3.05, 3.63) is 53.6 Å². The molecule has 2 aromatic carbocycles. The number of anilines is 1. The van der Waals surface area contributed by atoms with Gasteiger partial charge in [-0.05, 0) is 31.2 Å². The number of hydrogen-bond donors (Lipinski definition) is 3. The predicted octanol–water partition coefficient (Wildman–Crippen LogP) is 0.347. The van der Waals surface area contributed by atoms with E-state index in [9.17, 15) is 18.5 Å². The molecular formula is C14H13BN2O4S. The Labute approximate surface area is 128 Å². The van der Waals surface area contributed by atoms with E-state index in [1.807, 2.05) is 13.0 Å². The van der Waals surface area contributed by atoms with Crippen LogP contribution in [0.2, 0.25) is 0 Å². The molecule has 0 bridgehead atoms. The minimum Gasteiger partial charge on any atom is -0.423 e. The van der Waals surface area contributed by atoms with Crippen LogP contribution in [0.5, 0.6) is 0 Å². The highest BCUT2D eigenvalue weighted by Gasteiger charge is 2.21. The third-order valence-corrected chi connectivity index (χ3v) is 4.42. The molecule has 0 radical (unpaired) electrons. The van der Waals surface area contributed by atoms with Crippen LogP contribution < -0.4 is 10.2 Å². The van der Waals surface area contributed by atoms with Crippen LogP contribution in [0.3, 0.4) is 0 Å². The normalized spacial score (nSPS) is 10.8. The summed E-state index contributed by atoms with van der Waals surface area (Å²) >= 11 is 0. The van der Waals surface area contributed by atoms with Crippen molar-refractivity contribution in [3.63, 3.8) is 0 Å². The lowest BCUT2D eigenvalue weighted by atomic mass is 9.79. The van der Waals surface area contributed by atoms with Crippen molar-refractivity contribution in [2.24, 2.45) is 0 Å². The fourth-order valence-corrected chi connectivity index (χ4v) is 2.94. The lowest BCUT2D eigenvalue weighted by molar-refractivity contribution is 0.426. The number of aryl methyl sites for hydroxylation is 1. The van der Waals surface area contributed by atoms with Crippen molar-refractivity contribution in [2.45, 2.75) is 11.8 Å². The second-order valence-electron chi connectivity index (χ2n) is 4.71. The number of sulfonamides is 1. The first-order valence-electron chi connectivity index (χ1n) is 6.33. The molecule has 0 heterocycles. The Balaban J connectivity index is 2.45. The van der Waals surface area contributed by atoms with Gasteiger partial charge < -0.3 is 10.0 Å². The Hall–Kier alpha value is -2.34. The van der Waals surface area contributed by atoms with E-state index in [0.29, 0.717) is 0 Å². The predicted molar refractivity (Wildman–Crippen MR) is 83.0 cm³/mol. The minimum absolute atomic E-state index is 0.0327. The van der Waals surface area contributed by atoms with E-state index in [1.54, 1.807) is 12.1 Å². The summed E-state index contributed by atoms with van der Waals surface area (Å²) < 4.78 is 26.9. The second kappa shape index (κ2) is 6.19. The molecular weight excluding hydrogens is 303 g/mol. The van der Waals surface area contributed by atoms with Gasteiger partial charge in [0, 0.05) is 11.2 Å². The third-order valence-electron chi connectivity index (χ3n) is 3.04. The van der Waals surface area contributed by atoms with Crippen molar-refractivity contribution < 1.29 is 18.5 Å². The maximum absolute atomic E-state index is 12.3. The van der Waals surface area contributed by atoms with Crippen LogP contribution in [0, 0.1) is 18.3 Å². The molecule has 22 heavy (non-hydrogen) atoms. The van der Waals surface area contributed by atoms with E-state index in [-0.39, 0.29) is 21.6 Å². The number of hydrogen-bond acceptors (Lipinski definition) is 5. The monoisotopic (exact) mass is 316 g/mol. The number of benzene rings is 2. The number of rotatable bonds is 4. The quantitative estimate of drug-likeness (QED) is 0.705. The maximum atomic E-state index is 12.3. The second-order valence-corrected chi connectivity index (χ2v) is 6.39. The van der Waals surface area contributed by atoms with Gasteiger partial charge in [0.25, 0.3) is 10.0 Å². The maximum Gasteiger partial charge on any atom is 0.490 e. The molecule has 0 atom stereocenters. The Bertz CT molecular complexity index is 827. The van der Waals surface area contributed by atoms with Crippen LogP contribution in [0.15, 0.2) is 47.4 Å². The van der Waals surface area contributed by atoms with Crippen LogP contribution >= 0.6 is 0 Å². The van der Waals surface area contributed by atoms with Crippen molar-refractivity contribution in [1.29, 1.82) is 5.26 Å². The highest BCUT2D eigenvalue weighted by Crippen LogP contribution is 2.16. The zero-order valence-electron chi connectivity index (χ0n) is 11.7. The largest absolute Gasteiger partial charge is 0.490 e. The Morgan fingerprint density at radius 1 is 1.14 bits per heavy atom. The first-order chi connectivity index (χ1) is 10.3. The van der Waals surface area contributed by atoms with Gasteiger partial charge in [0.2, 0.25) is 0 Å². The number of nitriles is 1. The van der Waals surface area contributed by atoms with E-state index in [1.165, 1.54) is 30.3 Å². The minimum atomic E-state index is -3.89. The molecule has 0 unspecified atom stereocenters. The van der Waals surface area contributed by atoms with Gasteiger partial charge in [0.15, 0.2) is 0 Å². The van der Waals surface area contributed by atoms with E-state index < -0.39 is 17.1 Å². The summed E-state index contributed by atoms with van der Waals surface area (Å²) in [5, 5.41) is 27.5. The molecule has 0 spiro atoms. The Morgan fingerprint density at radius 3 is 2.32 bits per heavy atom. The van der Waals surface area contributed by atoms with Gasteiger partial charge in [0.1, 0.15) is 0 Å². The Kier molecular flexibility index (Phi) is 4.52. The molecule has 0 aliphatic carbocycles. The third kappa shape index (κ3) is 3.46. The SMILES string of the molecule is Cc1ccc(S(=O)(=O)Nc2cc(C#N)ccc2B(O)O)cc1. The van der Waals surface area contributed by atoms with Gasteiger partial charge in [-0.1, -0.05) is 23.8 Å². The van der Waals surface area contributed by atoms with Gasteiger partial charge in [-0.2, -0.15) is 5.26 Å². The zero-order valence-corrected chi connectivity index (χ0v) is 12.5. The van der Waals surface area contributed by atoms with E-state index in [4.69, 9.17) is 5.26 Å². The molecule has 3 N–H and O–H groups in total. The first kappa shape index (κ1) is 16.0. The van der Waals surface area contributed by atoms with Gasteiger partial charge in [-0.3, -0.25) is 4.72 Å². The Morgan fingerprint density at radius 2 is 1.77 bits per heavy atom. The fourth-order valence-electron chi connectivity index (χ4n) is 1.86. The van der Waals surface area contributed by atoms with Crippen molar-refractivity contribution in [2.75, 3.05) is 4.72 Å². The van der Waals surface area contributed by atoms with Crippen LogP contribution in [0.25, 0.3) is 0 Å². The highest BCUT2D eigenvalue weighted by atomic mass is 32.2. The van der Waals surface area contributed by atoms with Gasteiger partial charge >= 0.3 is 7.12 Å². The zero-order chi connectivity index (χ0) is 16.3. The first-order valence-corrected chi connectivity index (χ1v) is 7.81. The van der Waals surface area contributed by atoms with Gasteiger partial charge in [0.05, 0.1) is 16.5 Å². The fraction of sp³-hybridized carbons (Fsp3) is 0.0714. The van der Waals surface area contributed by atoms with E-state index in [2.05, 4.69) is 4.72 Å². The average molecular weight is 316 g/mol. The molecule has 0 aliphatic heterocycles. The molecule has 2 aromatic rings. The summed E-state index contributed by atoms with van der Waals surface area (Å²) in [6.45, 7) is 1.83. The summed E-state index contributed by atoms with van der Waals surface area (Å²) in [5.74, 6) is 0. The van der Waals surface area contributed by atoms with Crippen LogP contribution in [-0.4, -0.2) is 25.6 Å². The summed E-state index contributed by atoms with van der Waals surface area (Å²) in [5.41, 5.74) is 1.03. The molecule has 0 amide bonds. The average Bonchev–Trinajstić information content (AvgIpc) is 2.46. The molecule has 0 aromatic heterocycles. The van der Waals surface area contributed by atoms with Crippen molar-refractivity contribution in [1.82, 2.24) is 0 Å². The number of nitrogens with zero attached hydrogens (tertiary/aromatic N) is 1. The topological polar surface area (TPSA) is 110 Å². The highest BCUT2D eigenvalue weighted by molar-refractivity contribution is 7.92. The van der Waals surface area contributed by atoms with E-state index >= 15 is 0 Å². The summed E-state index contributed by atoms with van der Waals surface area (Å²) in [4.78, 5) is 0.0406.